The highest BCUT2D eigenvalue weighted by atomic mass is 35.5. The third kappa shape index (κ3) is 4.00. The molecule has 6 heteroatoms. The van der Waals surface area contributed by atoms with Gasteiger partial charge in [-0.1, -0.05) is 29.8 Å². The molecule has 3 rings (SSSR count). The van der Waals surface area contributed by atoms with Crippen LogP contribution in [0.3, 0.4) is 0 Å². The van der Waals surface area contributed by atoms with Crippen LogP contribution in [0.2, 0.25) is 5.02 Å². The first-order chi connectivity index (χ1) is 11.6. The van der Waals surface area contributed by atoms with Crippen molar-refractivity contribution in [1.82, 2.24) is 14.9 Å². The standard InChI is InChI=1S/C18H15ClFN3O/c19-15-4-3-14(17(20)10-15)9-18(24)22-11-13-1-5-16(6-2-13)23-8-7-21-12-23/h1-8,10,12H,9,11H2,(H,22,24). The van der Waals surface area contributed by atoms with Gasteiger partial charge in [-0.25, -0.2) is 9.37 Å². The molecule has 0 bridgehead atoms. The van der Waals surface area contributed by atoms with Crippen molar-refractivity contribution >= 4 is 17.5 Å². The lowest BCUT2D eigenvalue weighted by Crippen LogP contribution is -2.24. The zero-order chi connectivity index (χ0) is 16.9. The van der Waals surface area contributed by atoms with Gasteiger partial charge in [-0.15, -0.1) is 0 Å². The van der Waals surface area contributed by atoms with Crippen LogP contribution in [0.4, 0.5) is 4.39 Å². The van der Waals surface area contributed by atoms with Crippen molar-refractivity contribution < 1.29 is 9.18 Å². The number of benzene rings is 2. The Morgan fingerprint density at radius 2 is 2.00 bits per heavy atom. The van der Waals surface area contributed by atoms with Crippen LogP contribution >= 0.6 is 11.6 Å². The number of nitrogens with one attached hydrogen (secondary N) is 1. The average molecular weight is 344 g/mol. The highest BCUT2D eigenvalue weighted by Gasteiger charge is 2.08. The maximum Gasteiger partial charge on any atom is 0.224 e. The smallest absolute Gasteiger partial charge is 0.224 e. The predicted molar refractivity (Wildman–Crippen MR) is 90.5 cm³/mol. The topological polar surface area (TPSA) is 46.9 Å². The molecule has 0 saturated heterocycles. The van der Waals surface area contributed by atoms with Gasteiger partial charge in [0.15, 0.2) is 0 Å². The van der Waals surface area contributed by atoms with E-state index in [1.165, 1.54) is 12.1 Å². The number of amides is 1. The molecule has 0 fully saturated rings. The van der Waals surface area contributed by atoms with Crippen LogP contribution in [0.15, 0.2) is 61.2 Å². The second kappa shape index (κ2) is 7.27. The molecule has 1 heterocycles. The fraction of sp³-hybridized carbons (Fsp3) is 0.111. The van der Waals surface area contributed by atoms with Crippen molar-refractivity contribution in [2.45, 2.75) is 13.0 Å². The van der Waals surface area contributed by atoms with E-state index in [0.29, 0.717) is 17.1 Å². The molecule has 1 aromatic heterocycles. The summed E-state index contributed by atoms with van der Waals surface area (Å²) in [5.41, 5.74) is 2.28. The van der Waals surface area contributed by atoms with Crippen molar-refractivity contribution in [3.05, 3.63) is 83.2 Å². The Bertz CT molecular complexity index is 832. The maximum atomic E-state index is 13.7. The van der Waals surface area contributed by atoms with Gasteiger partial charge in [0, 0.05) is 29.6 Å². The Morgan fingerprint density at radius 3 is 2.67 bits per heavy atom. The number of halogens is 2. The van der Waals surface area contributed by atoms with Crippen LogP contribution in [-0.4, -0.2) is 15.5 Å². The van der Waals surface area contributed by atoms with Crippen LogP contribution in [-0.2, 0) is 17.8 Å². The van der Waals surface area contributed by atoms with Gasteiger partial charge in [0.05, 0.1) is 12.7 Å². The monoisotopic (exact) mass is 343 g/mol. The molecular formula is C18H15ClFN3O. The molecule has 24 heavy (non-hydrogen) atoms. The number of rotatable bonds is 5. The minimum absolute atomic E-state index is 0.0177. The largest absolute Gasteiger partial charge is 0.352 e. The first kappa shape index (κ1) is 16.2. The average Bonchev–Trinajstić information content (AvgIpc) is 3.11. The first-order valence-corrected chi connectivity index (χ1v) is 7.77. The summed E-state index contributed by atoms with van der Waals surface area (Å²) in [6.07, 6.45) is 5.27. The van der Waals surface area contributed by atoms with Crippen LogP contribution in [0.5, 0.6) is 0 Å². The SMILES string of the molecule is O=C(Cc1ccc(Cl)cc1F)NCc1ccc(-n2ccnc2)cc1. The molecule has 0 aliphatic heterocycles. The molecule has 0 spiro atoms. The number of hydrogen-bond donors (Lipinski definition) is 1. The number of nitrogens with zero attached hydrogens (tertiary/aromatic N) is 2. The Labute approximate surface area is 143 Å². The van der Waals surface area contributed by atoms with E-state index < -0.39 is 5.82 Å². The third-order valence-corrected chi connectivity index (χ3v) is 3.83. The number of imidazole rings is 1. The fourth-order valence-electron chi connectivity index (χ4n) is 2.30. The summed E-state index contributed by atoms with van der Waals surface area (Å²) >= 11 is 5.70. The van der Waals surface area contributed by atoms with E-state index in [1.54, 1.807) is 18.6 Å². The molecule has 0 aliphatic carbocycles. The van der Waals surface area contributed by atoms with Gasteiger partial charge in [-0.3, -0.25) is 4.79 Å². The number of aromatic nitrogens is 2. The maximum absolute atomic E-state index is 13.7. The number of hydrogen-bond acceptors (Lipinski definition) is 2. The molecule has 2 aromatic carbocycles. The van der Waals surface area contributed by atoms with Crippen molar-refractivity contribution in [2.75, 3.05) is 0 Å². The summed E-state index contributed by atoms with van der Waals surface area (Å²) in [6, 6.07) is 12.1. The molecule has 0 saturated carbocycles. The number of carbonyl (C=O) groups excluding carboxylic acids is 1. The van der Waals surface area contributed by atoms with Crippen LogP contribution < -0.4 is 5.32 Å². The third-order valence-electron chi connectivity index (χ3n) is 3.59. The lowest BCUT2D eigenvalue weighted by molar-refractivity contribution is -0.120. The van der Waals surface area contributed by atoms with Crippen LogP contribution in [0.25, 0.3) is 5.69 Å². The predicted octanol–water partition coefficient (Wildman–Crippen LogP) is 3.52. The molecule has 4 nitrogen and oxygen atoms in total. The normalized spacial score (nSPS) is 10.6. The van der Waals surface area contributed by atoms with Crippen molar-refractivity contribution in [3.63, 3.8) is 0 Å². The minimum Gasteiger partial charge on any atom is -0.352 e. The molecule has 0 aliphatic rings. The van der Waals surface area contributed by atoms with Crippen molar-refractivity contribution in [3.8, 4) is 5.69 Å². The van der Waals surface area contributed by atoms with E-state index in [9.17, 15) is 9.18 Å². The second-order valence-electron chi connectivity index (χ2n) is 5.33. The lowest BCUT2D eigenvalue weighted by atomic mass is 10.1. The number of carbonyl (C=O) groups is 1. The van der Waals surface area contributed by atoms with Gasteiger partial charge < -0.3 is 9.88 Å². The summed E-state index contributed by atoms with van der Waals surface area (Å²) in [6.45, 7) is 0.387. The summed E-state index contributed by atoms with van der Waals surface area (Å²) < 4.78 is 15.6. The molecule has 1 amide bonds. The van der Waals surface area contributed by atoms with E-state index in [1.807, 2.05) is 35.0 Å². The van der Waals surface area contributed by atoms with Gasteiger partial charge in [0.25, 0.3) is 0 Å². The van der Waals surface area contributed by atoms with Gasteiger partial charge in [-0.2, -0.15) is 0 Å². The summed E-state index contributed by atoms with van der Waals surface area (Å²) in [5, 5.41) is 3.10. The zero-order valence-corrected chi connectivity index (χ0v) is 13.5. The quantitative estimate of drug-likeness (QED) is 0.770. The van der Waals surface area contributed by atoms with E-state index >= 15 is 0 Å². The summed E-state index contributed by atoms with van der Waals surface area (Å²) in [7, 11) is 0. The van der Waals surface area contributed by atoms with Gasteiger partial charge >= 0.3 is 0 Å². The zero-order valence-electron chi connectivity index (χ0n) is 12.7. The molecule has 0 atom stereocenters. The highest BCUT2D eigenvalue weighted by molar-refractivity contribution is 6.30. The van der Waals surface area contributed by atoms with E-state index in [0.717, 1.165) is 11.3 Å². The molecule has 0 radical (unpaired) electrons. The van der Waals surface area contributed by atoms with E-state index in [-0.39, 0.29) is 12.3 Å². The Balaban J connectivity index is 1.56. The minimum atomic E-state index is -0.470. The Morgan fingerprint density at radius 1 is 1.21 bits per heavy atom. The van der Waals surface area contributed by atoms with Crippen LogP contribution in [0, 0.1) is 5.82 Å². The van der Waals surface area contributed by atoms with Gasteiger partial charge in [0.2, 0.25) is 5.91 Å². The van der Waals surface area contributed by atoms with Crippen molar-refractivity contribution in [1.29, 1.82) is 0 Å². The van der Waals surface area contributed by atoms with E-state index in [4.69, 9.17) is 11.6 Å². The van der Waals surface area contributed by atoms with Crippen molar-refractivity contribution in [2.24, 2.45) is 0 Å². The lowest BCUT2D eigenvalue weighted by Gasteiger charge is -2.08. The van der Waals surface area contributed by atoms with E-state index in [2.05, 4.69) is 10.3 Å². The summed E-state index contributed by atoms with van der Waals surface area (Å²) in [4.78, 5) is 16.0. The second-order valence-corrected chi connectivity index (χ2v) is 5.76. The van der Waals surface area contributed by atoms with Gasteiger partial charge in [-0.05, 0) is 35.4 Å². The Hall–Kier alpha value is -2.66. The molecule has 3 aromatic rings. The first-order valence-electron chi connectivity index (χ1n) is 7.40. The van der Waals surface area contributed by atoms with Crippen LogP contribution in [0.1, 0.15) is 11.1 Å². The van der Waals surface area contributed by atoms with Gasteiger partial charge in [0.1, 0.15) is 5.82 Å². The highest BCUT2D eigenvalue weighted by Crippen LogP contribution is 2.15. The fourth-order valence-corrected chi connectivity index (χ4v) is 2.46. The molecular weight excluding hydrogens is 329 g/mol. The summed E-state index contributed by atoms with van der Waals surface area (Å²) in [5.74, 6) is -0.711. The molecule has 1 N–H and O–H groups in total. The molecule has 122 valence electrons. The Kier molecular flexibility index (Phi) is 4.91. The molecule has 0 unspecified atom stereocenters.